The van der Waals surface area contributed by atoms with Gasteiger partial charge in [0.15, 0.2) is 9.84 Å². The first-order valence-corrected chi connectivity index (χ1v) is 8.48. The normalized spacial score (nSPS) is 12.3. The number of hydrogen-bond acceptors (Lipinski definition) is 6. The minimum atomic E-state index is -4.28. The maximum Gasteiger partial charge on any atom is 0.290 e. The Morgan fingerprint density at radius 3 is 2.25 bits per heavy atom. The molecule has 0 heterocycles. The number of sulfone groups is 1. The fourth-order valence-electron chi connectivity index (χ4n) is 1.37. The van der Waals surface area contributed by atoms with Crippen molar-refractivity contribution in [2.24, 2.45) is 5.14 Å². The molecule has 0 radical (unpaired) electrons. The van der Waals surface area contributed by atoms with Crippen molar-refractivity contribution in [2.45, 2.75) is 11.8 Å². The number of benzene rings is 1. The monoisotopic (exact) mass is 326 g/mol. The highest BCUT2D eigenvalue weighted by atomic mass is 32.2. The van der Waals surface area contributed by atoms with Gasteiger partial charge in [0, 0.05) is 0 Å². The van der Waals surface area contributed by atoms with E-state index < -0.39 is 52.7 Å². The van der Waals surface area contributed by atoms with Gasteiger partial charge in [0.2, 0.25) is 10.0 Å². The fourth-order valence-corrected chi connectivity index (χ4v) is 4.21. The van der Waals surface area contributed by atoms with E-state index in [0.717, 1.165) is 6.07 Å². The first-order chi connectivity index (χ1) is 8.94. The molecule has 0 aromatic heterocycles. The van der Waals surface area contributed by atoms with E-state index in [1.807, 2.05) is 0 Å². The van der Waals surface area contributed by atoms with Crippen LogP contribution in [-0.2, 0) is 19.9 Å². The van der Waals surface area contributed by atoms with Crippen LogP contribution in [0.15, 0.2) is 17.0 Å². The van der Waals surface area contributed by atoms with Gasteiger partial charge < -0.3 is 0 Å². The molecule has 0 fully saturated rings. The fraction of sp³-hybridized carbons (Fsp3) is 0.333. The first kappa shape index (κ1) is 16.5. The summed E-state index contributed by atoms with van der Waals surface area (Å²) in [7, 11) is -8.32. The number of hydrogen-bond donors (Lipinski definition) is 1. The highest BCUT2D eigenvalue weighted by molar-refractivity contribution is 7.94. The average Bonchev–Trinajstić information content (AvgIpc) is 2.28. The molecule has 0 amide bonds. The summed E-state index contributed by atoms with van der Waals surface area (Å²) in [6.45, 7) is 1.23. The molecule has 0 aliphatic heterocycles. The topological polar surface area (TPSA) is 137 Å². The van der Waals surface area contributed by atoms with Gasteiger partial charge in [-0.1, -0.05) is 0 Å². The van der Waals surface area contributed by atoms with Crippen molar-refractivity contribution in [1.82, 2.24) is 0 Å². The lowest BCUT2D eigenvalue weighted by molar-refractivity contribution is -0.388. The van der Waals surface area contributed by atoms with Crippen LogP contribution in [0, 0.1) is 22.9 Å². The molecule has 0 unspecified atom stereocenters. The summed E-state index contributed by atoms with van der Waals surface area (Å²) >= 11 is 0. The van der Waals surface area contributed by atoms with E-state index in [2.05, 4.69) is 5.14 Å². The lowest BCUT2D eigenvalue weighted by atomic mass is 10.2. The third-order valence-corrected chi connectivity index (χ3v) is 5.18. The van der Waals surface area contributed by atoms with Crippen molar-refractivity contribution >= 4 is 25.5 Å². The average molecular weight is 326 g/mol. The summed E-state index contributed by atoms with van der Waals surface area (Å²) in [4.78, 5) is 8.98. The van der Waals surface area contributed by atoms with Gasteiger partial charge in [0.05, 0.1) is 22.5 Å². The molecule has 0 saturated carbocycles. The molecular weight excluding hydrogens is 315 g/mol. The molecule has 0 aliphatic carbocycles. The molecule has 112 valence electrons. The number of nitrogens with zero attached hydrogens (tertiary/aromatic N) is 1. The highest BCUT2D eigenvalue weighted by Crippen LogP contribution is 2.27. The van der Waals surface area contributed by atoms with Gasteiger partial charge >= 0.3 is 0 Å². The van der Waals surface area contributed by atoms with E-state index in [1.165, 1.54) is 6.92 Å². The van der Waals surface area contributed by atoms with Crippen LogP contribution in [0.5, 0.6) is 0 Å². The molecular formula is C9H11FN2O6S2. The summed E-state index contributed by atoms with van der Waals surface area (Å²) in [5.41, 5.74) is -1.05. The summed E-state index contributed by atoms with van der Waals surface area (Å²) in [5.74, 6) is -2.73. The Kier molecular flexibility index (Phi) is 4.46. The molecule has 0 spiro atoms. The lowest BCUT2D eigenvalue weighted by Crippen LogP contribution is -2.23. The standard InChI is InChI=1S/C9H11FN2O6S2/c1-6-4-9(8(12(13)14)5-7(6)10)19(15,16)2-3-20(11,17)18/h4-5H,2-3H2,1H3,(H2,11,17,18). The maximum absolute atomic E-state index is 13.3. The van der Waals surface area contributed by atoms with Gasteiger partial charge in [0.1, 0.15) is 10.7 Å². The van der Waals surface area contributed by atoms with Crippen LogP contribution < -0.4 is 5.14 Å². The largest absolute Gasteiger partial charge is 0.290 e. The molecule has 0 atom stereocenters. The van der Waals surface area contributed by atoms with Gasteiger partial charge in [-0.2, -0.15) is 0 Å². The van der Waals surface area contributed by atoms with Crippen molar-refractivity contribution in [3.63, 3.8) is 0 Å². The number of sulfonamides is 1. The number of nitrogens with two attached hydrogens (primary N) is 1. The van der Waals surface area contributed by atoms with Gasteiger partial charge in [-0.25, -0.2) is 26.4 Å². The smallest absolute Gasteiger partial charge is 0.258 e. The predicted molar refractivity (Wildman–Crippen MR) is 67.8 cm³/mol. The van der Waals surface area contributed by atoms with Gasteiger partial charge in [-0.15, -0.1) is 0 Å². The highest BCUT2D eigenvalue weighted by Gasteiger charge is 2.28. The molecule has 0 saturated heterocycles. The molecule has 1 rings (SSSR count). The van der Waals surface area contributed by atoms with Crippen LogP contribution in [0.25, 0.3) is 0 Å². The Hall–Kier alpha value is -1.59. The quantitative estimate of drug-likeness (QED) is 0.463. The Morgan fingerprint density at radius 2 is 1.80 bits per heavy atom. The number of nitro groups is 1. The zero-order valence-electron chi connectivity index (χ0n) is 10.2. The van der Waals surface area contributed by atoms with Crippen LogP contribution in [0.4, 0.5) is 10.1 Å². The van der Waals surface area contributed by atoms with E-state index >= 15 is 0 Å². The van der Waals surface area contributed by atoms with Crippen molar-refractivity contribution in [3.05, 3.63) is 33.6 Å². The van der Waals surface area contributed by atoms with Crippen LogP contribution in [0.1, 0.15) is 5.56 Å². The molecule has 11 heteroatoms. The number of halogens is 1. The second kappa shape index (κ2) is 5.42. The molecule has 1 aromatic carbocycles. The van der Waals surface area contributed by atoms with E-state index in [1.54, 1.807) is 0 Å². The Labute approximate surface area is 114 Å². The molecule has 0 bridgehead atoms. The van der Waals surface area contributed by atoms with Crippen LogP contribution in [0.3, 0.4) is 0 Å². The molecule has 0 aliphatic rings. The Bertz CT molecular complexity index is 757. The van der Waals surface area contributed by atoms with Crippen molar-refractivity contribution in [2.75, 3.05) is 11.5 Å². The van der Waals surface area contributed by atoms with E-state index in [4.69, 9.17) is 0 Å². The summed E-state index contributed by atoms with van der Waals surface area (Å²) in [6, 6.07) is 1.28. The lowest BCUT2D eigenvalue weighted by Gasteiger charge is -2.06. The van der Waals surface area contributed by atoms with Crippen molar-refractivity contribution in [3.8, 4) is 0 Å². The number of nitro benzene ring substituents is 1. The third-order valence-electron chi connectivity index (χ3n) is 2.41. The van der Waals surface area contributed by atoms with Gasteiger partial charge in [-0.05, 0) is 18.6 Å². The van der Waals surface area contributed by atoms with Gasteiger partial charge in [0.25, 0.3) is 5.69 Å². The van der Waals surface area contributed by atoms with Crippen molar-refractivity contribution < 1.29 is 26.1 Å². The zero-order valence-corrected chi connectivity index (χ0v) is 11.9. The minimum Gasteiger partial charge on any atom is -0.258 e. The first-order valence-electron chi connectivity index (χ1n) is 5.12. The van der Waals surface area contributed by atoms with E-state index in [0.29, 0.717) is 6.07 Å². The van der Waals surface area contributed by atoms with Crippen LogP contribution in [0.2, 0.25) is 0 Å². The summed E-state index contributed by atoms with van der Waals surface area (Å²) in [5, 5.41) is 15.5. The van der Waals surface area contributed by atoms with Crippen molar-refractivity contribution in [1.29, 1.82) is 0 Å². The molecule has 2 N–H and O–H groups in total. The Balaban J connectivity index is 3.37. The van der Waals surface area contributed by atoms with Gasteiger partial charge in [-0.3, -0.25) is 10.1 Å². The molecule has 20 heavy (non-hydrogen) atoms. The zero-order chi connectivity index (χ0) is 15.7. The van der Waals surface area contributed by atoms with Crippen LogP contribution >= 0.6 is 0 Å². The SMILES string of the molecule is Cc1cc(S(=O)(=O)CCS(N)(=O)=O)c([N+](=O)[O-])cc1F. The maximum atomic E-state index is 13.3. The van der Waals surface area contributed by atoms with E-state index in [-0.39, 0.29) is 5.56 Å². The predicted octanol–water partition coefficient (Wildman–Crippen LogP) is 0.105. The second-order valence-electron chi connectivity index (χ2n) is 4.01. The number of primary sulfonamides is 1. The van der Waals surface area contributed by atoms with E-state index in [9.17, 15) is 31.3 Å². The third kappa shape index (κ3) is 3.95. The summed E-state index contributed by atoms with van der Waals surface area (Å²) < 4.78 is 58.6. The number of aryl methyl sites for hydroxylation is 1. The second-order valence-corrected chi connectivity index (χ2v) is 7.82. The molecule has 8 nitrogen and oxygen atoms in total. The minimum absolute atomic E-state index is 0.107. The number of rotatable bonds is 5. The molecule has 1 aromatic rings. The van der Waals surface area contributed by atoms with Crippen LogP contribution in [-0.4, -0.2) is 33.3 Å². The summed E-state index contributed by atoms with van der Waals surface area (Å²) in [6.07, 6.45) is 0. The Morgan fingerprint density at radius 1 is 1.25 bits per heavy atom.